The van der Waals surface area contributed by atoms with E-state index >= 15 is 0 Å². The van der Waals surface area contributed by atoms with Gasteiger partial charge in [-0.2, -0.15) is 13.2 Å². The molecular weight excluding hydrogens is 289 g/mol. The van der Waals surface area contributed by atoms with Gasteiger partial charge in [-0.3, -0.25) is 10.1 Å². The molecule has 6 nitrogen and oxygen atoms in total. The van der Waals surface area contributed by atoms with Gasteiger partial charge in [0.2, 0.25) is 0 Å². The Morgan fingerprint density at radius 3 is 2.86 bits per heavy atom. The number of hydrogen-bond donors (Lipinski definition) is 2. The van der Waals surface area contributed by atoms with Crippen LogP contribution in [0.25, 0.3) is 0 Å². The lowest BCUT2D eigenvalue weighted by atomic mass is 10.1. The topological polar surface area (TPSA) is 80.1 Å². The second kappa shape index (κ2) is 6.25. The molecule has 2 rings (SSSR count). The van der Waals surface area contributed by atoms with E-state index in [0.717, 1.165) is 19.4 Å². The number of alkyl halides is 3. The van der Waals surface area contributed by atoms with Gasteiger partial charge >= 0.3 is 11.9 Å². The largest absolute Gasteiger partial charge is 0.433 e. The maximum Gasteiger partial charge on any atom is 0.433 e. The second-order valence-electron chi connectivity index (χ2n) is 4.85. The number of rotatable bonds is 5. The van der Waals surface area contributed by atoms with Crippen LogP contribution in [-0.4, -0.2) is 29.0 Å². The highest BCUT2D eigenvalue weighted by Crippen LogP contribution is 2.32. The highest BCUT2D eigenvalue weighted by atomic mass is 19.4. The van der Waals surface area contributed by atoms with Crippen LogP contribution in [0.1, 0.15) is 25.0 Å². The quantitative estimate of drug-likeness (QED) is 0.645. The average Bonchev–Trinajstić information content (AvgIpc) is 2.90. The summed E-state index contributed by atoms with van der Waals surface area (Å²) >= 11 is 0. The van der Waals surface area contributed by atoms with Gasteiger partial charge in [-0.15, -0.1) is 0 Å². The summed E-state index contributed by atoms with van der Waals surface area (Å²) in [5.74, 6) is 0. The third-order valence-electron chi connectivity index (χ3n) is 3.34. The van der Waals surface area contributed by atoms with Crippen LogP contribution in [0, 0.1) is 10.1 Å². The Balaban J connectivity index is 2.08. The summed E-state index contributed by atoms with van der Waals surface area (Å²) in [6.07, 6.45) is -1.22. The lowest BCUT2D eigenvalue weighted by molar-refractivity contribution is -0.384. The first-order valence-corrected chi connectivity index (χ1v) is 6.57. The molecule has 0 aromatic carbocycles. The second-order valence-corrected chi connectivity index (χ2v) is 4.85. The van der Waals surface area contributed by atoms with Crippen LogP contribution < -0.4 is 10.6 Å². The van der Waals surface area contributed by atoms with Crippen molar-refractivity contribution in [3.63, 3.8) is 0 Å². The van der Waals surface area contributed by atoms with Crippen molar-refractivity contribution in [2.75, 3.05) is 18.4 Å². The molecule has 1 aromatic heterocycles. The first-order valence-electron chi connectivity index (χ1n) is 6.57. The maximum absolute atomic E-state index is 12.6. The molecule has 2 heterocycles. The number of anilines is 1. The molecule has 21 heavy (non-hydrogen) atoms. The molecule has 0 aliphatic carbocycles. The third kappa shape index (κ3) is 4.03. The predicted molar refractivity (Wildman–Crippen MR) is 70.0 cm³/mol. The van der Waals surface area contributed by atoms with Gasteiger partial charge in [0, 0.05) is 12.6 Å². The molecule has 1 atom stereocenters. The molecule has 0 spiro atoms. The predicted octanol–water partition coefficient (Wildman–Crippen LogP) is 2.56. The fourth-order valence-electron chi connectivity index (χ4n) is 2.27. The van der Waals surface area contributed by atoms with Crippen molar-refractivity contribution in [2.45, 2.75) is 31.5 Å². The molecule has 2 N–H and O–H groups in total. The summed E-state index contributed by atoms with van der Waals surface area (Å²) in [5.41, 5.74) is -1.75. The SMILES string of the molecule is O=[N+]([O-])c1cnc(C(F)(F)F)cc1NCC[C@@H]1CCCN1. The van der Waals surface area contributed by atoms with Gasteiger partial charge < -0.3 is 10.6 Å². The third-order valence-corrected chi connectivity index (χ3v) is 3.34. The number of nitrogens with zero attached hydrogens (tertiary/aromatic N) is 2. The van der Waals surface area contributed by atoms with Crippen molar-refractivity contribution in [2.24, 2.45) is 0 Å². The zero-order chi connectivity index (χ0) is 15.5. The Morgan fingerprint density at radius 1 is 1.52 bits per heavy atom. The van der Waals surface area contributed by atoms with Gasteiger partial charge in [0.25, 0.3) is 0 Å². The van der Waals surface area contributed by atoms with Gasteiger partial charge in [-0.05, 0) is 31.9 Å². The maximum atomic E-state index is 12.6. The number of hydrogen-bond acceptors (Lipinski definition) is 5. The van der Waals surface area contributed by atoms with Crippen LogP contribution in [0.3, 0.4) is 0 Å². The van der Waals surface area contributed by atoms with E-state index in [1.807, 2.05) is 0 Å². The Morgan fingerprint density at radius 2 is 2.29 bits per heavy atom. The Kier molecular flexibility index (Phi) is 4.61. The van der Waals surface area contributed by atoms with Crippen LogP contribution in [0.4, 0.5) is 24.5 Å². The normalized spacial score (nSPS) is 18.7. The minimum atomic E-state index is -4.63. The van der Waals surface area contributed by atoms with Crippen LogP contribution >= 0.6 is 0 Å². The smallest absolute Gasteiger partial charge is 0.379 e. The first-order chi connectivity index (χ1) is 9.88. The molecule has 1 aliphatic rings. The lowest BCUT2D eigenvalue weighted by Gasteiger charge is -2.13. The highest BCUT2D eigenvalue weighted by molar-refractivity contribution is 5.61. The van der Waals surface area contributed by atoms with Gasteiger partial charge in [-0.25, -0.2) is 4.98 Å². The van der Waals surface area contributed by atoms with Gasteiger partial charge in [0.1, 0.15) is 17.6 Å². The molecular formula is C12H15F3N4O2. The molecule has 116 valence electrons. The molecule has 9 heteroatoms. The van der Waals surface area contributed by atoms with Crippen molar-refractivity contribution in [1.29, 1.82) is 0 Å². The van der Waals surface area contributed by atoms with E-state index in [1.165, 1.54) is 0 Å². The molecule has 0 saturated carbocycles. The number of pyridine rings is 1. The van der Waals surface area contributed by atoms with Crippen molar-refractivity contribution < 1.29 is 18.1 Å². The summed E-state index contributed by atoms with van der Waals surface area (Å²) in [6.45, 7) is 1.29. The molecule has 0 bridgehead atoms. The van der Waals surface area contributed by atoms with Crippen molar-refractivity contribution in [3.8, 4) is 0 Å². The number of halogens is 3. The summed E-state index contributed by atoms with van der Waals surface area (Å²) in [7, 11) is 0. The molecule has 0 unspecified atom stereocenters. The van der Waals surface area contributed by atoms with Crippen LogP contribution in [0.15, 0.2) is 12.3 Å². The fraction of sp³-hybridized carbons (Fsp3) is 0.583. The highest BCUT2D eigenvalue weighted by Gasteiger charge is 2.34. The van der Waals surface area contributed by atoms with Gasteiger partial charge in [0.05, 0.1) is 4.92 Å². The van der Waals surface area contributed by atoms with E-state index in [-0.39, 0.29) is 5.69 Å². The fourth-order valence-corrected chi connectivity index (χ4v) is 2.27. The van der Waals surface area contributed by atoms with E-state index in [0.29, 0.717) is 31.3 Å². The van der Waals surface area contributed by atoms with E-state index in [1.54, 1.807) is 0 Å². The molecule has 1 saturated heterocycles. The molecule has 1 aliphatic heterocycles. The van der Waals surface area contributed by atoms with Crippen LogP contribution in [-0.2, 0) is 6.18 Å². The molecule has 0 amide bonds. The number of nitrogens with one attached hydrogen (secondary N) is 2. The molecule has 1 aromatic rings. The lowest BCUT2D eigenvalue weighted by Crippen LogP contribution is -2.24. The zero-order valence-electron chi connectivity index (χ0n) is 11.1. The Bertz CT molecular complexity index is 516. The zero-order valence-corrected chi connectivity index (χ0v) is 11.1. The Labute approximate surface area is 118 Å². The minimum Gasteiger partial charge on any atom is -0.379 e. The summed E-state index contributed by atoms with van der Waals surface area (Å²) in [4.78, 5) is 13.2. The first kappa shape index (κ1) is 15.5. The molecule has 0 radical (unpaired) electrons. The standard InChI is InChI=1S/C12H15F3N4O2/c13-12(14,15)11-6-9(10(7-18-11)19(20)21)17-5-3-8-2-1-4-16-8/h6-8,16H,1-5H2,(H,17,18)/t8-/m0/s1. The summed E-state index contributed by atoms with van der Waals surface area (Å²) in [5, 5.41) is 16.8. The van der Waals surface area contributed by atoms with E-state index < -0.39 is 22.5 Å². The Hall–Kier alpha value is -1.90. The average molecular weight is 304 g/mol. The van der Waals surface area contributed by atoms with E-state index in [4.69, 9.17) is 0 Å². The monoisotopic (exact) mass is 304 g/mol. The minimum absolute atomic E-state index is 0.152. The van der Waals surface area contributed by atoms with E-state index in [2.05, 4.69) is 15.6 Å². The summed E-state index contributed by atoms with van der Waals surface area (Å²) in [6, 6.07) is 0.987. The number of nitro groups is 1. The van der Waals surface area contributed by atoms with Crippen LogP contribution in [0.2, 0.25) is 0 Å². The number of aromatic nitrogens is 1. The van der Waals surface area contributed by atoms with Gasteiger partial charge in [-0.1, -0.05) is 0 Å². The van der Waals surface area contributed by atoms with Crippen molar-refractivity contribution in [1.82, 2.24) is 10.3 Å². The molecule has 1 fully saturated rings. The van der Waals surface area contributed by atoms with E-state index in [9.17, 15) is 23.3 Å². The summed E-state index contributed by atoms with van der Waals surface area (Å²) < 4.78 is 37.8. The van der Waals surface area contributed by atoms with Gasteiger partial charge in [0.15, 0.2) is 0 Å². The van der Waals surface area contributed by atoms with Crippen LogP contribution in [0.5, 0.6) is 0 Å². The van der Waals surface area contributed by atoms with Crippen molar-refractivity contribution >= 4 is 11.4 Å². The van der Waals surface area contributed by atoms with Crippen molar-refractivity contribution in [3.05, 3.63) is 28.1 Å².